The van der Waals surface area contributed by atoms with Gasteiger partial charge in [0.05, 0.1) is 0 Å². The van der Waals surface area contributed by atoms with Gasteiger partial charge in [0, 0.05) is 24.7 Å². The van der Waals surface area contributed by atoms with Crippen LogP contribution >= 0.6 is 0 Å². The molecule has 0 saturated heterocycles. The van der Waals surface area contributed by atoms with Gasteiger partial charge in [-0.15, -0.1) is 0 Å². The fourth-order valence-electron chi connectivity index (χ4n) is 4.15. The number of nitrogens with zero attached hydrogens (tertiary/aromatic N) is 1. The third-order valence-electron chi connectivity index (χ3n) is 5.21. The van der Waals surface area contributed by atoms with E-state index in [9.17, 15) is 0 Å². The van der Waals surface area contributed by atoms with Crippen LogP contribution in [0.1, 0.15) is 72.6 Å². The Bertz CT molecular complexity index is 279. The Morgan fingerprint density at radius 2 is 1.79 bits per heavy atom. The average molecular weight is 266 g/mol. The van der Waals surface area contributed by atoms with Crippen molar-refractivity contribution in [3.8, 4) is 0 Å². The molecule has 2 unspecified atom stereocenters. The molecule has 112 valence electrons. The van der Waals surface area contributed by atoms with Crippen molar-refractivity contribution >= 4 is 0 Å². The topological polar surface area (TPSA) is 29.3 Å². The molecule has 2 N–H and O–H groups in total. The molecule has 2 heteroatoms. The van der Waals surface area contributed by atoms with E-state index in [1.807, 2.05) is 0 Å². The number of hydrogen-bond acceptors (Lipinski definition) is 2. The van der Waals surface area contributed by atoms with Crippen molar-refractivity contribution in [2.24, 2.45) is 17.1 Å². The zero-order valence-electron chi connectivity index (χ0n) is 13.5. The number of hydrogen-bond donors (Lipinski definition) is 1. The molecular weight excluding hydrogens is 232 g/mol. The first kappa shape index (κ1) is 15.3. The van der Waals surface area contributed by atoms with E-state index in [-0.39, 0.29) is 0 Å². The highest BCUT2D eigenvalue weighted by atomic mass is 15.2. The summed E-state index contributed by atoms with van der Waals surface area (Å²) in [7, 11) is 0. The quantitative estimate of drug-likeness (QED) is 0.839. The minimum Gasteiger partial charge on any atom is -0.326 e. The van der Waals surface area contributed by atoms with Crippen molar-refractivity contribution in [3.05, 3.63) is 0 Å². The van der Waals surface area contributed by atoms with E-state index < -0.39 is 0 Å². The molecule has 0 bridgehead atoms. The van der Waals surface area contributed by atoms with Gasteiger partial charge in [-0.3, -0.25) is 4.90 Å². The second kappa shape index (κ2) is 6.13. The molecular formula is C17H34N2. The van der Waals surface area contributed by atoms with Crippen LogP contribution in [-0.4, -0.2) is 29.6 Å². The lowest BCUT2D eigenvalue weighted by Crippen LogP contribution is -2.56. The second-order valence-electron chi connectivity index (χ2n) is 8.17. The van der Waals surface area contributed by atoms with Gasteiger partial charge in [-0.05, 0) is 43.4 Å². The monoisotopic (exact) mass is 266 g/mol. The van der Waals surface area contributed by atoms with Crippen molar-refractivity contribution in [3.63, 3.8) is 0 Å². The Labute approximate surface area is 120 Å². The molecule has 2 fully saturated rings. The summed E-state index contributed by atoms with van der Waals surface area (Å²) in [6.45, 7) is 10.8. The molecule has 19 heavy (non-hydrogen) atoms. The fraction of sp³-hybridized carbons (Fsp3) is 1.00. The van der Waals surface area contributed by atoms with Crippen LogP contribution in [0, 0.1) is 11.3 Å². The Hall–Kier alpha value is -0.0800. The third-order valence-corrected chi connectivity index (χ3v) is 5.21. The van der Waals surface area contributed by atoms with Crippen LogP contribution in [0.25, 0.3) is 0 Å². The van der Waals surface area contributed by atoms with Crippen LogP contribution in [-0.2, 0) is 0 Å². The van der Waals surface area contributed by atoms with Crippen LogP contribution in [0.2, 0.25) is 0 Å². The molecule has 0 aliphatic heterocycles. The molecule has 0 amide bonds. The lowest BCUT2D eigenvalue weighted by molar-refractivity contribution is 0.0391. The van der Waals surface area contributed by atoms with Gasteiger partial charge < -0.3 is 5.73 Å². The first-order chi connectivity index (χ1) is 8.89. The first-order valence-corrected chi connectivity index (χ1v) is 8.40. The number of nitrogens with two attached hydrogens (primary N) is 1. The SMILES string of the molecule is CC(C)CN(C1CCCC1)C1CC(C)(C)CCC1N. The van der Waals surface area contributed by atoms with Crippen LogP contribution in [0.15, 0.2) is 0 Å². The second-order valence-corrected chi connectivity index (χ2v) is 8.17. The van der Waals surface area contributed by atoms with Crippen LogP contribution in [0.4, 0.5) is 0 Å². The van der Waals surface area contributed by atoms with E-state index in [1.165, 1.54) is 51.5 Å². The largest absolute Gasteiger partial charge is 0.326 e. The highest BCUT2D eigenvalue weighted by Gasteiger charge is 2.39. The van der Waals surface area contributed by atoms with Gasteiger partial charge in [0.2, 0.25) is 0 Å². The standard InChI is InChI=1S/C17H34N2/c1-13(2)12-19(14-7-5-6-8-14)16-11-17(3,4)10-9-15(16)18/h13-16H,5-12,18H2,1-4H3. The van der Waals surface area contributed by atoms with E-state index in [0.29, 0.717) is 17.5 Å². The van der Waals surface area contributed by atoms with E-state index in [1.54, 1.807) is 0 Å². The maximum absolute atomic E-state index is 6.50. The lowest BCUT2D eigenvalue weighted by Gasteiger charge is -2.47. The summed E-state index contributed by atoms with van der Waals surface area (Å²) < 4.78 is 0. The molecule has 2 aliphatic carbocycles. The van der Waals surface area contributed by atoms with E-state index >= 15 is 0 Å². The van der Waals surface area contributed by atoms with Crippen molar-refractivity contribution in [2.45, 2.75) is 90.8 Å². The summed E-state index contributed by atoms with van der Waals surface area (Å²) in [6, 6.07) is 1.83. The molecule has 0 aromatic heterocycles. The maximum Gasteiger partial charge on any atom is 0.0255 e. The van der Waals surface area contributed by atoms with Gasteiger partial charge in [-0.1, -0.05) is 40.5 Å². The van der Waals surface area contributed by atoms with Gasteiger partial charge in [-0.2, -0.15) is 0 Å². The number of rotatable bonds is 4. The lowest BCUT2D eigenvalue weighted by atomic mass is 9.72. The summed E-state index contributed by atoms with van der Waals surface area (Å²) in [5, 5.41) is 0. The van der Waals surface area contributed by atoms with E-state index in [0.717, 1.165) is 12.0 Å². The summed E-state index contributed by atoms with van der Waals surface area (Å²) in [4.78, 5) is 2.81. The molecule has 2 aliphatic rings. The van der Waals surface area contributed by atoms with E-state index in [4.69, 9.17) is 5.73 Å². The van der Waals surface area contributed by atoms with Gasteiger partial charge in [0.15, 0.2) is 0 Å². The van der Waals surface area contributed by atoms with Crippen LogP contribution in [0.3, 0.4) is 0 Å². The van der Waals surface area contributed by atoms with Crippen molar-refractivity contribution in [2.75, 3.05) is 6.54 Å². The predicted molar refractivity (Wildman–Crippen MR) is 83.2 cm³/mol. The van der Waals surface area contributed by atoms with Gasteiger partial charge >= 0.3 is 0 Å². The fourth-order valence-corrected chi connectivity index (χ4v) is 4.15. The van der Waals surface area contributed by atoms with Crippen LogP contribution in [0.5, 0.6) is 0 Å². The molecule has 2 saturated carbocycles. The highest BCUT2D eigenvalue weighted by Crippen LogP contribution is 2.39. The minimum absolute atomic E-state index is 0.396. The van der Waals surface area contributed by atoms with Gasteiger partial charge in [0.25, 0.3) is 0 Å². The zero-order chi connectivity index (χ0) is 14.0. The Balaban J connectivity index is 2.10. The molecule has 0 aromatic rings. The molecule has 0 aromatic carbocycles. The normalized spacial score (nSPS) is 32.4. The zero-order valence-corrected chi connectivity index (χ0v) is 13.5. The van der Waals surface area contributed by atoms with E-state index in [2.05, 4.69) is 32.6 Å². The molecule has 2 atom stereocenters. The smallest absolute Gasteiger partial charge is 0.0255 e. The summed E-state index contributed by atoms with van der Waals surface area (Å²) >= 11 is 0. The summed E-state index contributed by atoms with van der Waals surface area (Å²) in [5.74, 6) is 0.748. The Morgan fingerprint density at radius 3 is 2.37 bits per heavy atom. The summed E-state index contributed by atoms with van der Waals surface area (Å²) in [5.41, 5.74) is 6.98. The van der Waals surface area contributed by atoms with Gasteiger partial charge in [-0.25, -0.2) is 0 Å². The van der Waals surface area contributed by atoms with Crippen molar-refractivity contribution < 1.29 is 0 Å². The Kier molecular flexibility index (Phi) is 4.94. The highest BCUT2D eigenvalue weighted by molar-refractivity contribution is 4.95. The maximum atomic E-state index is 6.50. The molecule has 0 radical (unpaired) electrons. The van der Waals surface area contributed by atoms with Crippen molar-refractivity contribution in [1.82, 2.24) is 4.90 Å². The summed E-state index contributed by atoms with van der Waals surface area (Å²) in [6.07, 6.45) is 9.43. The average Bonchev–Trinajstić information content (AvgIpc) is 2.83. The molecule has 0 spiro atoms. The molecule has 0 heterocycles. The molecule has 2 rings (SSSR count). The van der Waals surface area contributed by atoms with Gasteiger partial charge in [0.1, 0.15) is 0 Å². The Morgan fingerprint density at radius 1 is 1.16 bits per heavy atom. The van der Waals surface area contributed by atoms with Crippen molar-refractivity contribution in [1.29, 1.82) is 0 Å². The predicted octanol–water partition coefficient (Wildman–Crippen LogP) is 3.79. The first-order valence-electron chi connectivity index (χ1n) is 8.40. The minimum atomic E-state index is 0.396. The van der Waals surface area contributed by atoms with Crippen LogP contribution < -0.4 is 5.73 Å². The third kappa shape index (κ3) is 3.95. The molecule has 2 nitrogen and oxygen atoms in total.